The molecule has 0 aliphatic carbocycles. The van der Waals surface area contributed by atoms with E-state index < -0.39 is 10.1 Å². The second kappa shape index (κ2) is 10.3. The lowest BCUT2D eigenvalue weighted by molar-refractivity contribution is 0.211. The number of hydrogen-bond acceptors (Lipinski definition) is 4. The van der Waals surface area contributed by atoms with E-state index in [-0.39, 0.29) is 4.90 Å². The van der Waals surface area contributed by atoms with E-state index in [1.165, 1.54) is 32.1 Å². The summed E-state index contributed by atoms with van der Waals surface area (Å²) >= 11 is 0. The quantitative estimate of drug-likeness (QED) is 0.731. The van der Waals surface area contributed by atoms with E-state index in [2.05, 4.69) is 12.2 Å². The Bertz CT molecular complexity index is 588. The zero-order chi connectivity index (χ0) is 18.1. The molecule has 1 heterocycles. The molecule has 2 unspecified atom stereocenters. The van der Waals surface area contributed by atoms with Crippen molar-refractivity contribution in [1.29, 1.82) is 0 Å². The lowest BCUT2D eigenvalue weighted by atomic mass is 9.86. The van der Waals surface area contributed by atoms with Gasteiger partial charge in [-0.15, -0.1) is 0 Å². The number of hydrogen-bond donors (Lipinski definition) is 1. The largest absolute Gasteiger partial charge is 0.317 e. The summed E-state index contributed by atoms with van der Waals surface area (Å²) in [4.78, 5) is 0.251. The summed E-state index contributed by atoms with van der Waals surface area (Å²) in [5, 5.41) is 3.48. The van der Waals surface area contributed by atoms with Crippen molar-refractivity contribution in [3.63, 3.8) is 0 Å². The highest BCUT2D eigenvalue weighted by Gasteiger charge is 2.21. The summed E-state index contributed by atoms with van der Waals surface area (Å²) in [6.45, 7) is 6.59. The molecule has 142 valence electrons. The van der Waals surface area contributed by atoms with Gasteiger partial charge in [0.1, 0.15) is 0 Å². The van der Waals surface area contributed by atoms with Gasteiger partial charge in [0.05, 0.1) is 11.5 Å². The van der Waals surface area contributed by atoms with E-state index >= 15 is 0 Å². The molecule has 25 heavy (non-hydrogen) atoms. The SMILES string of the molecule is CCC(COS(=O)(=O)c1ccc(C)cc1)CC1CCCCNCCC1. The van der Waals surface area contributed by atoms with Gasteiger partial charge in [-0.25, -0.2) is 0 Å². The van der Waals surface area contributed by atoms with Crippen LogP contribution in [0.1, 0.15) is 57.4 Å². The van der Waals surface area contributed by atoms with Crippen LogP contribution in [0.2, 0.25) is 0 Å². The van der Waals surface area contributed by atoms with Crippen LogP contribution < -0.4 is 5.32 Å². The molecule has 1 fully saturated rings. The lowest BCUT2D eigenvalue weighted by Crippen LogP contribution is -2.18. The first-order valence-electron chi connectivity index (χ1n) is 9.68. The van der Waals surface area contributed by atoms with Crippen LogP contribution in [0.3, 0.4) is 0 Å². The third kappa shape index (κ3) is 7.08. The molecule has 2 rings (SSSR count). The van der Waals surface area contributed by atoms with Crippen molar-refractivity contribution in [3.05, 3.63) is 29.8 Å². The molecule has 1 aromatic rings. The van der Waals surface area contributed by atoms with Crippen molar-refractivity contribution in [3.8, 4) is 0 Å². The molecule has 4 nitrogen and oxygen atoms in total. The van der Waals surface area contributed by atoms with Crippen LogP contribution >= 0.6 is 0 Å². The first kappa shape index (κ1) is 20.4. The Balaban J connectivity index is 1.88. The fraction of sp³-hybridized carbons (Fsp3) is 0.700. The minimum absolute atomic E-state index is 0.251. The molecule has 5 heteroatoms. The highest BCUT2D eigenvalue weighted by Crippen LogP contribution is 2.26. The summed E-state index contributed by atoms with van der Waals surface area (Å²) in [6, 6.07) is 6.85. The van der Waals surface area contributed by atoms with Crippen LogP contribution in [-0.4, -0.2) is 28.1 Å². The van der Waals surface area contributed by atoms with E-state index in [1.807, 2.05) is 6.92 Å². The molecule has 0 radical (unpaired) electrons. The Labute approximate surface area is 153 Å². The van der Waals surface area contributed by atoms with Gasteiger partial charge in [0.15, 0.2) is 0 Å². The molecular weight excluding hydrogens is 334 g/mol. The van der Waals surface area contributed by atoms with E-state index in [0.29, 0.717) is 18.4 Å². The minimum atomic E-state index is -3.65. The molecule has 0 amide bonds. The third-order valence-electron chi connectivity index (χ3n) is 5.19. The second-order valence-electron chi connectivity index (χ2n) is 7.32. The molecule has 1 aliphatic rings. The topological polar surface area (TPSA) is 55.4 Å². The zero-order valence-electron chi connectivity index (χ0n) is 15.7. The average molecular weight is 368 g/mol. The third-order valence-corrected chi connectivity index (χ3v) is 6.49. The molecule has 0 saturated carbocycles. The summed E-state index contributed by atoms with van der Waals surface area (Å²) in [5.74, 6) is 0.995. The van der Waals surface area contributed by atoms with Gasteiger partial charge in [0.25, 0.3) is 10.1 Å². The maximum absolute atomic E-state index is 12.4. The van der Waals surface area contributed by atoms with Crippen molar-refractivity contribution in [2.75, 3.05) is 19.7 Å². The van der Waals surface area contributed by atoms with Gasteiger partial charge < -0.3 is 5.32 Å². The molecule has 2 atom stereocenters. The Morgan fingerprint density at radius 3 is 2.52 bits per heavy atom. The monoisotopic (exact) mass is 367 g/mol. The van der Waals surface area contributed by atoms with E-state index in [1.54, 1.807) is 24.3 Å². The van der Waals surface area contributed by atoms with Crippen molar-refractivity contribution in [2.45, 2.75) is 63.7 Å². The summed E-state index contributed by atoms with van der Waals surface area (Å²) < 4.78 is 30.1. The molecular formula is C20H33NO3S. The molecule has 1 N–H and O–H groups in total. The van der Waals surface area contributed by atoms with E-state index in [0.717, 1.165) is 31.5 Å². The van der Waals surface area contributed by atoms with Crippen LogP contribution in [0, 0.1) is 18.8 Å². The van der Waals surface area contributed by atoms with Gasteiger partial charge in [-0.2, -0.15) is 8.42 Å². The summed E-state index contributed by atoms with van der Waals surface area (Å²) in [7, 11) is -3.65. The average Bonchev–Trinajstić information content (AvgIpc) is 2.73. The van der Waals surface area contributed by atoms with E-state index in [9.17, 15) is 8.42 Å². The maximum Gasteiger partial charge on any atom is 0.296 e. The van der Waals surface area contributed by atoms with Gasteiger partial charge in [-0.05, 0) is 69.7 Å². The van der Waals surface area contributed by atoms with Gasteiger partial charge in [0, 0.05) is 0 Å². The molecule has 1 aliphatic heterocycles. The minimum Gasteiger partial charge on any atom is -0.317 e. The highest BCUT2D eigenvalue weighted by molar-refractivity contribution is 7.86. The smallest absolute Gasteiger partial charge is 0.296 e. The van der Waals surface area contributed by atoms with Gasteiger partial charge in [-0.1, -0.05) is 43.9 Å². The maximum atomic E-state index is 12.4. The number of aryl methyl sites for hydroxylation is 1. The first-order chi connectivity index (χ1) is 12.0. The van der Waals surface area contributed by atoms with Crippen molar-refractivity contribution in [2.24, 2.45) is 11.8 Å². The van der Waals surface area contributed by atoms with E-state index in [4.69, 9.17) is 4.18 Å². The van der Waals surface area contributed by atoms with Crippen molar-refractivity contribution >= 4 is 10.1 Å². The predicted molar refractivity (Wildman–Crippen MR) is 102 cm³/mol. The summed E-state index contributed by atoms with van der Waals surface area (Å²) in [6.07, 6.45) is 8.22. The predicted octanol–water partition coefficient (Wildman–Crippen LogP) is 4.29. The van der Waals surface area contributed by atoms with Crippen LogP contribution in [0.4, 0.5) is 0 Å². The van der Waals surface area contributed by atoms with Crippen molar-refractivity contribution < 1.29 is 12.6 Å². The molecule has 0 aromatic heterocycles. The van der Waals surface area contributed by atoms with Gasteiger partial charge in [-0.3, -0.25) is 4.18 Å². The van der Waals surface area contributed by atoms with Gasteiger partial charge in [0.2, 0.25) is 0 Å². The molecule has 0 bridgehead atoms. The zero-order valence-corrected chi connectivity index (χ0v) is 16.5. The second-order valence-corrected chi connectivity index (χ2v) is 8.93. The fourth-order valence-corrected chi connectivity index (χ4v) is 4.46. The Morgan fingerprint density at radius 2 is 1.80 bits per heavy atom. The van der Waals surface area contributed by atoms with Crippen LogP contribution in [-0.2, 0) is 14.3 Å². The van der Waals surface area contributed by atoms with Crippen LogP contribution in [0.25, 0.3) is 0 Å². The first-order valence-corrected chi connectivity index (χ1v) is 11.1. The number of benzene rings is 1. The Kier molecular flexibility index (Phi) is 8.40. The van der Waals surface area contributed by atoms with Crippen LogP contribution in [0.5, 0.6) is 0 Å². The normalized spacial score (nSPS) is 21.1. The summed E-state index contributed by atoms with van der Waals surface area (Å²) in [5.41, 5.74) is 1.04. The number of rotatable bonds is 7. The van der Waals surface area contributed by atoms with Crippen LogP contribution in [0.15, 0.2) is 29.2 Å². The van der Waals surface area contributed by atoms with Gasteiger partial charge >= 0.3 is 0 Å². The molecule has 0 spiro atoms. The fourth-order valence-electron chi connectivity index (χ4n) is 3.49. The Morgan fingerprint density at radius 1 is 1.12 bits per heavy atom. The van der Waals surface area contributed by atoms with Crippen molar-refractivity contribution in [1.82, 2.24) is 5.32 Å². The highest BCUT2D eigenvalue weighted by atomic mass is 32.2. The Hall–Kier alpha value is -0.910. The number of nitrogens with one attached hydrogen (secondary N) is 1. The molecule has 1 aromatic carbocycles. The molecule has 1 saturated heterocycles. The lowest BCUT2D eigenvalue weighted by Gasteiger charge is -2.22. The standard InChI is InChI=1S/C20H33NO3S/c1-3-18(15-19-7-4-5-13-21-14-6-8-19)16-24-25(22,23)20-11-9-17(2)10-12-20/h9-12,18-19,21H,3-8,13-16H2,1-2H3.